The largest absolute Gasteiger partial charge is 0.510 e. The quantitative estimate of drug-likeness (QED) is 0.851. The number of aliphatic hydroxyl groups is 1. The zero-order valence-corrected chi connectivity index (χ0v) is 9.70. The second kappa shape index (κ2) is 4.18. The summed E-state index contributed by atoms with van der Waals surface area (Å²) in [5, 5.41) is 9.57. The Balaban J connectivity index is 2.20. The van der Waals surface area contributed by atoms with Crippen LogP contribution in [0.2, 0.25) is 0 Å². The van der Waals surface area contributed by atoms with Crippen molar-refractivity contribution in [3.05, 3.63) is 53.8 Å². The molecule has 2 rings (SSSR count). The molecule has 0 saturated heterocycles. The third-order valence-corrected chi connectivity index (χ3v) is 3.56. The first-order valence-electron chi connectivity index (χ1n) is 4.98. The van der Waals surface area contributed by atoms with Crippen molar-refractivity contribution in [2.75, 3.05) is 0 Å². The topological polar surface area (TPSA) is 37.3 Å². The van der Waals surface area contributed by atoms with E-state index in [1.807, 2.05) is 49.4 Å². The molecule has 0 aliphatic carbocycles. The van der Waals surface area contributed by atoms with Crippen LogP contribution in [-0.2, 0) is 4.79 Å². The summed E-state index contributed by atoms with van der Waals surface area (Å²) in [6.07, 6.45) is 5.04. The molecule has 1 aromatic rings. The van der Waals surface area contributed by atoms with Crippen LogP contribution in [0.3, 0.4) is 0 Å². The SMILES string of the molecule is C[C@]1(C=Cc2ccccc2)SC(=O)C=C1O. The molecule has 0 spiro atoms. The molecule has 1 aromatic carbocycles. The predicted molar refractivity (Wildman–Crippen MR) is 67.2 cm³/mol. The molecule has 0 aromatic heterocycles. The summed E-state index contributed by atoms with van der Waals surface area (Å²) in [5.41, 5.74) is 1.05. The molecular formula is C13H12O2S. The van der Waals surface area contributed by atoms with E-state index < -0.39 is 4.75 Å². The van der Waals surface area contributed by atoms with Crippen LogP contribution in [0.4, 0.5) is 0 Å². The van der Waals surface area contributed by atoms with Gasteiger partial charge in [0.1, 0.15) is 5.76 Å². The molecule has 0 saturated carbocycles. The van der Waals surface area contributed by atoms with Crippen LogP contribution in [0, 0.1) is 0 Å². The van der Waals surface area contributed by atoms with Crippen LogP contribution >= 0.6 is 11.8 Å². The number of thioether (sulfide) groups is 1. The van der Waals surface area contributed by atoms with Gasteiger partial charge in [-0.25, -0.2) is 0 Å². The lowest BCUT2D eigenvalue weighted by atomic mass is 10.1. The molecule has 82 valence electrons. The summed E-state index contributed by atoms with van der Waals surface area (Å²) in [7, 11) is 0. The molecule has 0 radical (unpaired) electrons. The molecule has 1 aliphatic rings. The van der Waals surface area contributed by atoms with Crippen LogP contribution in [-0.4, -0.2) is 15.0 Å². The average molecular weight is 232 g/mol. The number of benzene rings is 1. The Labute approximate surface area is 98.7 Å². The molecule has 0 amide bonds. The molecule has 1 N–H and O–H groups in total. The van der Waals surface area contributed by atoms with Gasteiger partial charge in [0.15, 0.2) is 0 Å². The maximum Gasteiger partial charge on any atom is 0.216 e. The van der Waals surface area contributed by atoms with E-state index in [1.54, 1.807) is 0 Å². The lowest BCUT2D eigenvalue weighted by molar-refractivity contribution is -0.106. The third kappa shape index (κ3) is 2.19. The average Bonchev–Trinajstić information content (AvgIpc) is 2.52. The normalized spacial score (nSPS) is 25.1. The van der Waals surface area contributed by atoms with Crippen molar-refractivity contribution in [3.8, 4) is 0 Å². The zero-order chi connectivity index (χ0) is 11.6. The molecule has 3 heteroatoms. The lowest BCUT2D eigenvalue weighted by Crippen LogP contribution is -2.16. The van der Waals surface area contributed by atoms with Crippen molar-refractivity contribution in [1.29, 1.82) is 0 Å². The van der Waals surface area contributed by atoms with E-state index >= 15 is 0 Å². The standard InChI is InChI=1S/C13H12O2S/c1-13(11(14)9-12(15)16-13)8-7-10-5-3-2-4-6-10/h2-9,14H,1H3/t13-/m1/s1. The van der Waals surface area contributed by atoms with Crippen molar-refractivity contribution >= 4 is 23.0 Å². The minimum atomic E-state index is -0.618. The van der Waals surface area contributed by atoms with Gasteiger partial charge in [0.25, 0.3) is 0 Å². The first kappa shape index (κ1) is 11.0. The van der Waals surface area contributed by atoms with Gasteiger partial charge >= 0.3 is 0 Å². The van der Waals surface area contributed by atoms with Gasteiger partial charge in [0.05, 0.1) is 4.75 Å². The highest BCUT2D eigenvalue weighted by Crippen LogP contribution is 2.39. The smallest absolute Gasteiger partial charge is 0.216 e. The Morgan fingerprint density at radius 3 is 2.56 bits per heavy atom. The van der Waals surface area contributed by atoms with Crippen LogP contribution in [0.5, 0.6) is 0 Å². The van der Waals surface area contributed by atoms with E-state index in [1.165, 1.54) is 6.08 Å². The van der Waals surface area contributed by atoms with Gasteiger partial charge in [-0.15, -0.1) is 0 Å². The fourth-order valence-corrected chi connectivity index (χ4v) is 2.37. The van der Waals surface area contributed by atoms with E-state index in [0.717, 1.165) is 17.3 Å². The van der Waals surface area contributed by atoms with Gasteiger partial charge in [-0.3, -0.25) is 4.79 Å². The summed E-state index contributed by atoms with van der Waals surface area (Å²) in [6.45, 7) is 1.83. The van der Waals surface area contributed by atoms with Crippen molar-refractivity contribution in [2.24, 2.45) is 0 Å². The lowest BCUT2D eigenvalue weighted by Gasteiger charge is -2.17. The fourth-order valence-electron chi connectivity index (χ4n) is 1.48. The summed E-state index contributed by atoms with van der Waals surface area (Å²) < 4.78 is -0.618. The minimum absolute atomic E-state index is 0.0993. The first-order chi connectivity index (χ1) is 7.60. The van der Waals surface area contributed by atoms with Crippen LogP contribution in [0.1, 0.15) is 12.5 Å². The summed E-state index contributed by atoms with van der Waals surface area (Å²) in [5.74, 6) is 0.120. The highest BCUT2D eigenvalue weighted by molar-refractivity contribution is 8.15. The molecule has 2 nitrogen and oxygen atoms in total. The molecule has 1 atom stereocenters. The van der Waals surface area contributed by atoms with Crippen molar-refractivity contribution in [2.45, 2.75) is 11.7 Å². The number of carbonyl (C=O) groups is 1. The highest BCUT2D eigenvalue weighted by Gasteiger charge is 2.35. The Hall–Kier alpha value is -1.48. The summed E-state index contributed by atoms with van der Waals surface area (Å²) >= 11 is 1.13. The Bertz CT molecular complexity index is 462. The number of hydrogen-bond donors (Lipinski definition) is 1. The van der Waals surface area contributed by atoms with E-state index in [2.05, 4.69) is 0 Å². The van der Waals surface area contributed by atoms with Gasteiger partial charge in [-0.2, -0.15) is 0 Å². The second-order valence-electron chi connectivity index (χ2n) is 3.80. The van der Waals surface area contributed by atoms with Gasteiger partial charge in [-0.05, 0) is 12.5 Å². The predicted octanol–water partition coefficient (Wildman–Crippen LogP) is 3.17. The molecule has 1 aliphatic heterocycles. The number of aliphatic hydroxyl groups excluding tert-OH is 1. The van der Waals surface area contributed by atoms with Crippen molar-refractivity contribution < 1.29 is 9.90 Å². The van der Waals surface area contributed by atoms with Crippen molar-refractivity contribution in [1.82, 2.24) is 0 Å². The van der Waals surface area contributed by atoms with Gasteiger partial charge < -0.3 is 5.11 Å². The third-order valence-electron chi connectivity index (χ3n) is 2.47. The maximum absolute atomic E-state index is 11.2. The summed E-state index contributed by atoms with van der Waals surface area (Å²) in [4.78, 5) is 11.2. The molecule has 1 heterocycles. The molecular weight excluding hydrogens is 220 g/mol. The summed E-state index contributed by atoms with van der Waals surface area (Å²) in [6, 6.07) is 9.80. The molecule has 0 bridgehead atoms. The second-order valence-corrected chi connectivity index (χ2v) is 5.26. The van der Waals surface area contributed by atoms with E-state index in [9.17, 15) is 9.90 Å². The first-order valence-corrected chi connectivity index (χ1v) is 5.80. The highest BCUT2D eigenvalue weighted by atomic mass is 32.2. The van der Waals surface area contributed by atoms with Crippen LogP contribution in [0.25, 0.3) is 6.08 Å². The molecule has 0 fully saturated rings. The molecule has 16 heavy (non-hydrogen) atoms. The van der Waals surface area contributed by atoms with Crippen LogP contribution < -0.4 is 0 Å². The minimum Gasteiger partial charge on any atom is -0.510 e. The Morgan fingerprint density at radius 2 is 2.00 bits per heavy atom. The Morgan fingerprint density at radius 1 is 1.31 bits per heavy atom. The monoisotopic (exact) mass is 232 g/mol. The van der Waals surface area contributed by atoms with E-state index in [-0.39, 0.29) is 10.9 Å². The van der Waals surface area contributed by atoms with E-state index in [0.29, 0.717) is 0 Å². The van der Waals surface area contributed by atoms with E-state index in [4.69, 9.17) is 0 Å². The fraction of sp³-hybridized carbons (Fsp3) is 0.154. The van der Waals surface area contributed by atoms with Crippen LogP contribution in [0.15, 0.2) is 48.2 Å². The van der Waals surface area contributed by atoms with Crippen molar-refractivity contribution in [3.63, 3.8) is 0 Å². The zero-order valence-electron chi connectivity index (χ0n) is 8.88. The Kier molecular flexibility index (Phi) is 2.88. The number of carbonyl (C=O) groups excluding carboxylic acids is 1. The molecule has 0 unspecified atom stereocenters. The van der Waals surface area contributed by atoms with Gasteiger partial charge in [-0.1, -0.05) is 54.2 Å². The van der Waals surface area contributed by atoms with Gasteiger partial charge in [0, 0.05) is 6.08 Å². The maximum atomic E-state index is 11.2. The van der Waals surface area contributed by atoms with Gasteiger partial charge in [0.2, 0.25) is 5.12 Å². The number of hydrogen-bond acceptors (Lipinski definition) is 3. The number of rotatable bonds is 2.